The summed E-state index contributed by atoms with van der Waals surface area (Å²) in [6.45, 7) is 2.10. The summed E-state index contributed by atoms with van der Waals surface area (Å²) < 4.78 is 3.09. The lowest BCUT2D eigenvalue weighted by molar-refractivity contribution is 1.10. The van der Waals surface area contributed by atoms with Crippen LogP contribution in [0.1, 0.15) is 16.8 Å². The number of aromatic nitrogens is 2. The molecule has 0 amide bonds. The minimum Gasteiger partial charge on any atom is -0.294 e. The number of fused-ring (bicyclic) bond motifs is 1. The number of hydrogen-bond acceptors (Lipinski definition) is 1. The Morgan fingerprint density at radius 2 is 1.89 bits per heavy atom. The highest BCUT2D eigenvalue weighted by molar-refractivity contribution is 9.10. The molecule has 0 radical (unpaired) electrons. The zero-order valence-corrected chi connectivity index (χ0v) is 11.7. The molecule has 0 aliphatic rings. The van der Waals surface area contributed by atoms with Gasteiger partial charge in [0.05, 0.1) is 10.3 Å². The molecule has 3 aromatic rings. The number of rotatable bonds is 2. The average Bonchev–Trinajstić information content (AvgIpc) is 2.76. The van der Waals surface area contributed by atoms with Gasteiger partial charge < -0.3 is 0 Å². The highest BCUT2D eigenvalue weighted by Crippen LogP contribution is 2.16. The van der Waals surface area contributed by atoms with Crippen LogP contribution in [0.25, 0.3) is 5.65 Å². The summed E-state index contributed by atoms with van der Waals surface area (Å²) >= 11 is 3.53. The van der Waals surface area contributed by atoms with Gasteiger partial charge in [-0.25, -0.2) is 4.98 Å². The molecule has 3 heteroatoms. The average molecular weight is 301 g/mol. The van der Waals surface area contributed by atoms with Crippen LogP contribution in [0.5, 0.6) is 0 Å². The van der Waals surface area contributed by atoms with Crippen molar-refractivity contribution in [1.82, 2.24) is 9.38 Å². The topological polar surface area (TPSA) is 17.3 Å². The first-order chi connectivity index (χ1) is 8.72. The molecular weight excluding hydrogens is 288 g/mol. The Morgan fingerprint density at radius 3 is 2.61 bits per heavy atom. The van der Waals surface area contributed by atoms with Crippen LogP contribution in [-0.2, 0) is 6.42 Å². The molecule has 2 aromatic heterocycles. The molecule has 0 N–H and O–H groups in total. The van der Waals surface area contributed by atoms with Gasteiger partial charge >= 0.3 is 0 Å². The standard InChI is InChI=1S/C15H13BrN2/c1-11-5-7-12(8-6-11)9-13-10-18-14(16)3-2-4-15(18)17-13/h2-8,10H,9H2,1H3. The fourth-order valence-corrected chi connectivity index (χ4v) is 2.46. The summed E-state index contributed by atoms with van der Waals surface area (Å²) in [7, 11) is 0. The third-order valence-corrected chi connectivity index (χ3v) is 3.64. The molecule has 3 rings (SSSR count). The van der Waals surface area contributed by atoms with Crippen molar-refractivity contribution in [2.75, 3.05) is 0 Å². The molecule has 0 saturated carbocycles. The Morgan fingerprint density at radius 1 is 1.11 bits per heavy atom. The fraction of sp³-hybridized carbons (Fsp3) is 0.133. The number of aryl methyl sites for hydroxylation is 1. The number of imidazole rings is 1. The molecule has 0 unspecified atom stereocenters. The number of nitrogens with zero attached hydrogens (tertiary/aromatic N) is 2. The number of hydrogen-bond donors (Lipinski definition) is 0. The van der Waals surface area contributed by atoms with E-state index in [0.29, 0.717) is 0 Å². The predicted molar refractivity (Wildman–Crippen MR) is 76.9 cm³/mol. The van der Waals surface area contributed by atoms with E-state index in [1.54, 1.807) is 0 Å². The Hall–Kier alpha value is -1.61. The van der Waals surface area contributed by atoms with Gasteiger partial charge in [-0.3, -0.25) is 4.40 Å². The van der Waals surface area contributed by atoms with Crippen molar-refractivity contribution in [2.24, 2.45) is 0 Å². The van der Waals surface area contributed by atoms with E-state index < -0.39 is 0 Å². The third-order valence-electron chi connectivity index (χ3n) is 3.00. The lowest BCUT2D eigenvalue weighted by Gasteiger charge is -1.98. The van der Waals surface area contributed by atoms with Gasteiger partial charge in [0.15, 0.2) is 0 Å². The van der Waals surface area contributed by atoms with Gasteiger partial charge in [-0.15, -0.1) is 0 Å². The lowest BCUT2D eigenvalue weighted by atomic mass is 10.1. The van der Waals surface area contributed by atoms with E-state index in [-0.39, 0.29) is 0 Å². The molecule has 0 aliphatic carbocycles. The Bertz CT molecular complexity index is 683. The zero-order chi connectivity index (χ0) is 12.5. The fourth-order valence-electron chi connectivity index (χ4n) is 2.03. The first-order valence-corrected chi connectivity index (χ1v) is 6.70. The van der Waals surface area contributed by atoms with E-state index in [1.165, 1.54) is 11.1 Å². The summed E-state index contributed by atoms with van der Waals surface area (Å²) in [5, 5.41) is 0. The van der Waals surface area contributed by atoms with Crippen LogP contribution >= 0.6 is 15.9 Å². The molecule has 0 spiro atoms. The monoisotopic (exact) mass is 300 g/mol. The molecule has 1 aromatic carbocycles. The van der Waals surface area contributed by atoms with Crippen LogP contribution < -0.4 is 0 Å². The SMILES string of the molecule is Cc1ccc(Cc2cn3c(Br)cccc3n2)cc1. The van der Waals surface area contributed by atoms with Gasteiger partial charge in [-0.05, 0) is 40.5 Å². The summed E-state index contributed by atoms with van der Waals surface area (Å²) in [6.07, 6.45) is 2.95. The maximum Gasteiger partial charge on any atom is 0.137 e. The summed E-state index contributed by atoms with van der Waals surface area (Å²) in [5.74, 6) is 0. The van der Waals surface area contributed by atoms with Gasteiger partial charge in [0.2, 0.25) is 0 Å². The van der Waals surface area contributed by atoms with E-state index in [1.807, 2.05) is 18.2 Å². The normalized spacial score (nSPS) is 11.0. The smallest absolute Gasteiger partial charge is 0.137 e. The number of benzene rings is 1. The van der Waals surface area contributed by atoms with Crippen LogP contribution in [0.3, 0.4) is 0 Å². The van der Waals surface area contributed by atoms with Crippen LogP contribution in [-0.4, -0.2) is 9.38 Å². The van der Waals surface area contributed by atoms with Crippen molar-refractivity contribution >= 4 is 21.6 Å². The predicted octanol–water partition coefficient (Wildman–Crippen LogP) is 4.00. The number of pyridine rings is 1. The van der Waals surface area contributed by atoms with Crippen molar-refractivity contribution in [1.29, 1.82) is 0 Å². The van der Waals surface area contributed by atoms with Crippen LogP contribution in [0.4, 0.5) is 0 Å². The highest BCUT2D eigenvalue weighted by atomic mass is 79.9. The van der Waals surface area contributed by atoms with E-state index in [2.05, 4.69) is 62.7 Å². The molecular formula is C15H13BrN2. The second kappa shape index (κ2) is 4.58. The van der Waals surface area contributed by atoms with Gasteiger partial charge in [0.25, 0.3) is 0 Å². The van der Waals surface area contributed by atoms with E-state index in [9.17, 15) is 0 Å². The maximum absolute atomic E-state index is 4.62. The Balaban J connectivity index is 1.95. The minimum absolute atomic E-state index is 0.869. The van der Waals surface area contributed by atoms with E-state index in [0.717, 1.165) is 22.4 Å². The van der Waals surface area contributed by atoms with Crippen LogP contribution in [0.15, 0.2) is 53.3 Å². The van der Waals surface area contributed by atoms with Crippen LogP contribution in [0, 0.1) is 6.92 Å². The quantitative estimate of drug-likeness (QED) is 0.654. The van der Waals surface area contributed by atoms with Gasteiger partial charge in [-0.1, -0.05) is 35.9 Å². The molecule has 0 atom stereocenters. The molecule has 2 nitrogen and oxygen atoms in total. The summed E-state index contributed by atoms with van der Waals surface area (Å²) in [4.78, 5) is 4.62. The van der Waals surface area contributed by atoms with Crippen molar-refractivity contribution in [3.8, 4) is 0 Å². The molecule has 0 bridgehead atoms. The Labute approximate surface area is 114 Å². The molecule has 0 fully saturated rings. The first-order valence-electron chi connectivity index (χ1n) is 5.90. The van der Waals surface area contributed by atoms with E-state index >= 15 is 0 Å². The van der Waals surface area contributed by atoms with Gasteiger partial charge in [-0.2, -0.15) is 0 Å². The molecule has 0 aliphatic heterocycles. The zero-order valence-electron chi connectivity index (χ0n) is 10.1. The van der Waals surface area contributed by atoms with Crippen molar-refractivity contribution < 1.29 is 0 Å². The van der Waals surface area contributed by atoms with Gasteiger partial charge in [0.1, 0.15) is 5.65 Å². The second-order valence-corrected chi connectivity index (χ2v) is 5.28. The number of halogens is 1. The lowest BCUT2D eigenvalue weighted by Crippen LogP contribution is -1.87. The van der Waals surface area contributed by atoms with Crippen molar-refractivity contribution in [2.45, 2.75) is 13.3 Å². The molecule has 90 valence electrons. The third kappa shape index (κ3) is 2.18. The largest absolute Gasteiger partial charge is 0.294 e. The Kier molecular flexibility index (Phi) is 2.92. The minimum atomic E-state index is 0.869. The highest BCUT2D eigenvalue weighted by Gasteiger charge is 2.04. The van der Waals surface area contributed by atoms with Crippen LogP contribution in [0.2, 0.25) is 0 Å². The summed E-state index contributed by atoms with van der Waals surface area (Å²) in [6, 6.07) is 14.6. The second-order valence-electron chi connectivity index (χ2n) is 4.47. The van der Waals surface area contributed by atoms with Crippen molar-refractivity contribution in [3.05, 3.63) is 70.1 Å². The first kappa shape index (κ1) is 11.5. The van der Waals surface area contributed by atoms with Crippen molar-refractivity contribution in [3.63, 3.8) is 0 Å². The molecule has 2 heterocycles. The van der Waals surface area contributed by atoms with Gasteiger partial charge in [0, 0.05) is 12.6 Å². The maximum atomic E-state index is 4.62. The summed E-state index contributed by atoms with van der Waals surface area (Å²) in [5.41, 5.74) is 4.65. The van der Waals surface area contributed by atoms with E-state index in [4.69, 9.17) is 0 Å². The molecule has 18 heavy (non-hydrogen) atoms. The molecule has 0 saturated heterocycles.